The minimum absolute atomic E-state index is 0.177. The molecule has 0 aliphatic carbocycles. The molecular formula is C10H6Cl4O4. The van der Waals surface area contributed by atoms with Crippen molar-refractivity contribution >= 4 is 58.3 Å². The van der Waals surface area contributed by atoms with E-state index in [2.05, 4.69) is 9.47 Å². The van der Waals surface area contributed by atoms with Gasteiger partial charge in [0.2, 0.25) is 0 Å². The first-order valence-electron chi connectivity index (χ1n) is 4.39. The van der Waals surface area contributed by atoms with Crippen LogP contribution >= 0.6 is 46.4 Å². The fraction of sp³-hybridized carbons (Fsp3) is 0.200. The number of ether oxygens (including phenoxy) is 2. The maximum atomic E-state index is 11.5. The van der Waals surface area contributed by atoms with Gasteiger partial charge in [-0.2, -0.15) is 0 Å². The number of methoxy groups -OCH3 is 2. The van der Waals surface area contributed by atoms with E-state index in [-0.39, 0.29) is 31.2 Å². The van der Waals surface area contributed by atoms with Gasteiger partial charge in [0.05, 0.1) is 45.4 Å². The van der Waals surface area contributed by atoms with Crippen LogP contribution in [0.2, 0.25) is 20.1 Å². The van der Waals surface area contributed by atoms with Crippen LogP contribution in [0.3, 0.4) is 0 Å². The number of benzene rings is 1. The molecule has 0 bridgehead atoms. The number of hydrogen-bond acceptors (Lipinski definition) is 4. The number of hydrogen-bond donors (Lipinski definition) is 0. The minimum Gasteiger partial charge on any atom is -0.465 e. The third-order valence-corrected chi connectivity index (χ3v) is 3.75. The zero-order valence-corrected chi connectivity index (χ0v) is 12.2. The fourth-order valence-corrected chi connectivity index (χ4v) is 2.41. The first-order chi connectivity index (χ1) is 8.36. The Morgan fingerprint density at radius 3 is 1.33 bits per heavy atom. The Labute approximate surface area is 123 Å². The highest BCUT2D eigenvalue weighted by Gasteiger charge is 2.28. The fourth-order valence-electron chi connectivity index (χ4n) is 1.20. The average molecular weight is 332 g/mol. The third kappa shape index (κ3) is 2.52. The van der Waals surface area contributed by atoms with Crippen molar-refractivity contribution in [2.75, 3.05) is 14.2 Å². The molecule has 0 heterocycles. The van der Waals surface area contributed by atoms with E-state index >= 15 is 0 Å². The maximum absolute atomic E-state index is 11.5. The van der Waals surface area contributed by atoms with Gasteiger partial charge >= 0.3 is 11.9 Å². The predicted octanol–water partition coefficient (Wildman–Crippen LogP) is 3.87. The van der Waals surface area contributed by atoms with Gasteiger partial charge in [-0.1, -0.05) is 46.4 Å². The van der Waals surface area contributed by atoms with E-state index in [0.717, 1.165) is 14.2 Å². The number of halogens is 4. The highest BCUT2D eigenvalue weighted by atomic mass is 35.5. The summed E-state index contributed by atoms with van der Waals surface area (Å²) < 4.78 is 9.00. The smallest absolute Gasteiger partial charge is 0.340 e. The molecule has 0 spiro atoms. The molecule has 0 saturated heterocycles. The van der Waals surface area contributed by atoms with E-state index < -0.39 is 11.9 Å². The molecule has 0 atom stereocenters. The molecule has 4 nitrogen and oxygen atoms in total. The molecule has 98 valence electrons. The number of rotatable bonds is 2. The Bertz CT molecular complexity index is 484. The van der Waals surface area contributed by atoms with E-state index in [1.807, 2.05) is 0 Å². The Kier molecular flexibility index (Phi) is 5.10. The van der Waals surface area contributed by atoms with E-state index in [1.165, 1.54) is 0 Å². The average Bonchev–Trinajstić information content (AvgIpc) is 2.35. The lowest BCUT2D eigenvalue weighted by atomic mass is 10.1. The lowest BCUT2D eigenvalue weighted by Gasteiger charge is -2.12. The van der Waals surface area contributed by atoms with Crippen molar-refractivity contribution in [2.24, 2.45) is 0 Å². The molecule has 8 heteroatoms. The van der Waals surface area contributed by atoms with Crippen LogP contribution in [0.1, 0.15) is 20.7 Å². The van der Waals surface area contributed by atoms with Crippen LogP contribution in [0.15, 0.2) is 0 Å². The van der Waals surface area contributed by atoms with Crippen molar-refractivity contribution in [1.29, 1.82) is 0 Å². The summed E-state index contributed by atoms with van der Waals surface area (Å²) in [5, 5.41) is -0.825. The van der Waals surface area contributed by atoms with Gasteiger partial charge in [-0.3, -0.25) is 0 Å². The lowest BCUT2D eigenvalue weighted by molar-refractivity contribution is 0.0600. The summed E-state index contributed by atoms with van der Waals surface area (Å²) >= 11 is 23.4. The number of esters is 2. The number of carbonyl (C=O) groups excluding carboxylic acids is 2. The third-order valence-electron chi connectivity index (χ3n) is 2.04. The van der Waals surface area contributed by atoms with Gasteiger partial charge in [0.25, 0.3) is 0 Å². The summed E-state index contributed by atoms with van der Waals surface area (Å²) in [4.78, 5) is 23.1. The van der Waals surface area contributed by atoms with Crippen LogP contribution in [0.25, 0.3) is 0 Å². The molecule has 0 aliphatic rings. The molecular weight excluding hydrogens is 326 g/mol. The Hall–Kier alpha value is -0.680. The molecule has 0 amide bonds. The van der Waals surface area contributed by atoms with Crippen LogP contribution in [0, 0.1) is 0 Å². The van der Waals surface area contributed by atoms with Gasteiger partial charge in [0.1, 0.15) is 0 Å². The Morgan fingerprint density at radius 2 is 1.06 bits per heavy atom. The first-order valence-corrected chi connectivity index (χ1v) is 5.90. The second kappa shape index (κ2) is 5.97. The minimum atomic E-state index is -0.839. The standard InChI is InChI=1S/C10H6Cl4O4/c1-17-9(15)3-5(11)4(10(16)18-2)7(13)8(14)6(3)12/h1-2H3. The molecule has 0 aromatic heterocycles. The largest absolute Gasteiger partial charge is 0.465 e. The van der Waals surface area contributed by atoms with Gasteiger partial charge < -0.3 is 9.47 Å². The van der Waals surface area contributed by atoms with Crippen LogP contribution in [-0.4, -0.2) is 26.2 Å². The van der Waals surface area contributed by atoms with E-state index in [1.54, 1.807) is 0 Å². The van der Waals surface area contributed by atoms with E-state index in [0.29, 0.717) is 0 Å². The van der Waals surface area contributed by atoms with Crippen molar-refractivity contribution in [2.45, 2.75) is 0 Å². The summed E-state index contributed by atoms with van der Waals surface area (Å²) in [7, 11) is 2.27. The quantitative estimate of drug-likeness (QED) is 0.469. The van der Waals surface area contributed by atoms with Crippen LogP contribution in [0.5, 0.6) is 0 Å². The highest BCUT2D eigenvalue weighted by molar-refractivity contribution is 6.52. The molecule has 1 rings (SSSR count). The molecule has 0 unspecified atom stereocenters. The number of carbonyl (C=O) groups is 2. The second-order valence-corrected chi connectivity index (χ2v) is 4.50. The van der Waals surface area contributed by atoms with Crippen molar-refractivity contribution in [3.8, 4) is 0 Å². The molecule has 0 N–H and O–H groups in total. The van der Waals surface area contributed by atoms with Crippen LogP contribution in [0.4, 0.5) is 0 Å². The van der Waals surface area contributed by atoms with Gasteiger partial charge in [0.15, 0.2) is 0 Å². The summed E-state index contributed by atoms with van der Waals surface area (Å²) in [5.41, 5.74) is -0.480. The SMILES string of the molecule is COC(=O)c1c(Cl)c(Cl)c(Cl)c(C(=O)OC)c1Cl. The molecule has 0 radical (unpaired) electrons. The molecule has 1 aromatic carbocycles. The van der Waals surface area contributed by atoms with Crippen LogP contribution < -0.4 is 0 Å². The summed E-state index contributed by atoms with van der Waals surface area (Å²) in [6, 6.07) is 0. The lowest BCUT2D eigenvalue weighted by Crippen LogP contribution is -2.10. The Balaban J connectivity index is 3.70. The summed E-state index contributed by atoms with van der Waals surface area (Å²) in [5.74, 6) is -1.68. The van der Waals surface area contributed by atoms with Crippen LogP contribution in [-0.2, 0) is 9.47 Å². The van der Waals surface area contributed by atoms with Crippen molar-refractivity contribution in [1.82, 2.24) is 0 Å². The molecule has 0 aliphatic heterocycles. The van der Waals surface area contributed by atoms with Crippen molar-refractivity contribution < 1.29 is 19.1 Å². The zero-order chi connectivity index (χ0) is 14.0. The van der Waals surface area contributed by atoms with Crippen molar-refractivity contribution in [3.63, 3.8) is 0 Å². The zero-order valence-electron chi connectivity index (χ0n) is 9.14. The second-order valence-electron chi connectivity index (χ2n) is 2.99. The topological polar surface area (TPSA) is 52.6 Å². The van der Waals surface area contributed by atoms with Gasteiger partial charge in [-0.25, -0.2) is 9.59 Å². The molecule has 1 aromatic rings. The predicted molar refractivity (Wildman–Crippen MR) is 69.2 cm³/mol. The molecule has 0 fully saturated rings. The first kappa shape index (κ1) is 15.4. The van der Waals surface area contributed by atoms with Gasteiger partial charge in [-0.15, -0.1) is 0 Å². The normalized spacial score (nSPS) is 10.1. The Morgan fingerprint density at radius 1 is 0.722 bits per heavy atom. The van der Waals surface area contributed by atoms with Crippen molar-refractivity contribution in [3.05, 3.63) is 31.2 Å². The molecule has 18 heavy (non-hydrogen) atoms. The summed E-state index contributed by atoms with van der Waals surface area (Å²) in [6.45, 7) is 0. The maximum Gasteiger partial charge on any atom is 0.340 e. The van der Waals surface area contributed by atoms with E-state index in [4.69, 9.17) is 46.4 Å². The highest BCUT2D eigenvalue weighted by Crippen LogP contribution is 2.41. The summed E-state index contributed by atoms with van der Waals surface area (Å²) in [6.07, 6.45) is 0. The van der Waals surface area contributed by atoms with Gasteiger partial charge in [0, 0.05) is 0 Å². The van der Waals surface area contributed by atoms with Gasteiger partial charge in [-0.05, 0) is 0 Å². The monoisotopic (exact) mass is 330 g/mol. The van der Waals surface area contributed by atoms with E-state index in [9.17, 15) is 9.59 Å². The molecule has 0 saturated carbocycles.